The number of ether oxygens (including phenoxy) is 1. The molecule has 1 aromatic carbocycles. The lowest BCUT2D eigenvalue weighted by molar-refractivity contribution is -0.274. The van der Waals surface area contributed by atoms with Crippen molar-refractivity contribution in [1.29, 1.82) is 0 Å². The van der Waals surface area contributed by atoms with Crippen molar-refractivity contribution < 1.29 is 22.7 Å². The van der Waals surface area contributed by atoms with Gasteiger partial charge in [0.2, 0.25) is 0 Å². The molecule has 0 aliphatic rings. The fourth-order valence-corrected chi connectivity index (χ4v) is 3.13. The van der Waals surface area contributed by atoms with E-state index in [2.05, 4.69) is 19.8 Å². The normalized spacial score (nSPS) is 11.9. The van der Waals surface area contributed by atoms with E-state index in [1.165, 1.54) is 41.5 Å². The summed E-state index contributed by atoms with van der Waals surface area (Å²) in [5.74, 6) is -0.795. The first-order valence-electron chi connectivity index (χ1n) is 7.80. The van der Waals surface area contributed by atoms with Gasteiger partial charge in [-0.05, 0) is 52.9 Å². The highest BCUT2D eigenvalue weighted by Crippen LogP contribution is 2.28. The largest absolute Gasteiger partial charge is 0.573 e. The SMILES string of the molecule is CN(C)C=NC(=O)c1ccnc2c1c(I)nn2-c1ccc(OC(F)(F)F)cc1. The van der Waals surface area contributed by atoms with Crippen LogP contribution in [0, 0.1) is 3.70 Å². The maximum Gasteiger partial charge on any atom is 0.573 e. The van der Waals surface area contributed by atoms with Gasteiger partial charge in [-0.25, -0.2) is 9.67 Å². The molecule has 7 nitrogen and oxygen atoms in total. The molecule has 0 spiro atoms. The molecule has 146 valence electrons. The molecular formula is C17H13F3IN5O2. The molecule has 0 saturated heterocycles. The molecule has 28 heavy (non-hydrogen) atoms. The average Bonchev–Trinajstić information content (AvgIpc) is 2.96. The highest BCUT2D eigenvalue weighted by Gasteiger charge is 2.31. The number of hydrogen-bond acceptors (Lipinski definition) is 4. The third kappa shape index (κ3) is 4.40. The molecule has 2 heterocycles. The van der Waals surface area contributed by atoms with Gasteiger partial charge >= 0.3 is 6.36 Å². The lowest BCUT2D eigenvalue weighted by Gasteiger charge is -2.09. The van der Waals surface area contributed by atoms with E-state index in [4.69, 9.17) is 0 Å². The Morgan fingerprint density at radius 3 is 2.54 bits per heavy atom. The molecule has 0 unspecified atom stereocenters. The minimum absolute atomic E-state index is 0.329. The topological polar surface area (TPSA) is 72.6 Å². The molecule has 3 aromatic rings. The van der Waals surface area contributed by atoms with E-state index in [0.29, 0.717) is 26.0 Å². The van der Waals surface area contributed by atoms with Gasteiger partial charge in [-0.1, -0.05) is 0 Å². The molecule has 1 amide bonds. The van der Waals surface area contributed by atoms with Gasteiger partial charge in [0.1, 0.15) is 9.45 Å². The van der Waals surface area contributed by atoms with Crippen LogP contribution >= 0.6 is 22.6 Å². The number of aromatic nitrogens is 3. The van der Waals surface area contributed by atoms with Crippen LogP contribution < -0.4 is 4.74 Å². The van der Waals surface area contributed by atoms with Gasteiger partial charge in [0, 0.05) is 20.3 Å². The molecule has 11 heteroatoms. The molecule has 0 radical (unpaired) electrons. The minimum Gasteiger partial charge on any atom is -0.406 e. The number of carbonyl (C=O) groups is 1. The molecule has 0 N–H and O–H groups in total. The van der Waals surface area contributed by atoms with E-state index in [-0.39, 0.29) is 5.75 Å². The summed E-state index contributed by atoms with van der Waals surface area (Å²) in [7, 11) is 3.49. The van der Waals surface area contributed by atoms with Crippen LogP contribution in [0.1, 0.15) is 10.4 Å². The van der Waals surface area contributed by atoms with Gasteiger partial charge < -0.3 is 9.64 Å². The van der Waals surface area contributed by atoms with Crippen LogP contribution in [-0.4, -0.2) is 52.4 Å². The van der Waals surface area contributed by atoms with Crippen LogP contribution in [-0.2, 0) is 0 Å². The second kappa shape index (κ2) is 7.73. The molecule has 0 saturated carbocycles. The predicted octanol–water partition coefficient (Wildman–Crippen LogP) is 3.65. The number of halogens is 4. The van der Waals surface area contributed by atoms with Gasteiger partial charge in [0.15, 0.2) is 5.65 Å². The summed E-state index contributed by atoms with van der Waals surface area (Å²) in [6.45, 7) is 0. The van der Waals surface area contributed by atoms with Crippen molar-refractivity contribution in [2.75, 3.05) is 14.1 Å². The van der Waals surface area contributed by atoms with Crippen molar-refractivity contribution in [1.82, 2.24) is 19.7 Å². The van der Waals surface area contributed by atoms with Crippen molar-refractivity contribution in [2.45, 2.75) is 6.36 Å². The summed E-state index contributed by atoms with van der Waals surface area (Å²) in [6, 6.07) is 6.75. The third-order valence-corrected chi connectivity index (χ3v) is 4.23. The fraction of sp³-hybridized carbons (Fsp3) is 0.176. The van der Waals surface area contributed by atoms with Gasteiger partial charge in [-0.15, -0.1) is 13.2 Å². The van der Waals surface area contributed by atoms with E-state index in [1.54, 1.807) is 25.1 Å². The van der Waals surface area contributed by atoms with Gasteiger partial charge in [-0.3, -0.25) is 4.79 Å². The molecule has 0 atom stereocenters. The molecular weight excluding hydrogens is 490 g/mol. The van der Waals surface area contributed by atoms with E-state index in [0.717, 1.165) is 0 Å². The van der Waals surface area contributed by atoms with Crippen molar-refractivity contribution >= 4 is 45.9 Å². The smallest absolute Gasteiger partial charge is 0.406 e. The first kappa shape index (κ1) is 20.0. The number of hydrogen-bond donors (Lipinski definition) is 0. The van der Waals surface area contributed by atoms with Crippen LogP contribution in [0.2, 0.25) is 0 Å². The zero-order chi connectivity index (χ0) is 20.5. The van der Waals surface area contributed by atoms with Crippen molar-refractivity contribution in [3.63, 3.8) is 0 Å². The van der Waals surface area contributed by atoms with Crippen LogP contribution in [0.5, 0.6) is 5.75 Å². The first-order chi connectivity index (χ1) is 13.2. The quantitative estimate of drug-likeness (QED) is 0.309. The molecule has 0 bridgehead atoms. The summed E-state index contributed by atoms with van der Waals surface area (Å²) in [4.78, 5) is 22.2. The van der Waals surface area contributed by atoms with Crippen molar-refractivity contribution in [2.24, 2.45) is 4.99 Å². The molecule has 0 aliphatic heterocycles. The van der Waals surface area contributed by atoms with Crippen LogP contribution in [0.25, 0.3) is 16.7 Å². The minimum atomic E-state index is -4.76. The fourth-order valence-electron chi connectivity index (χ4n) is 2.38. The van der Waals surface area contributed by atoms with Gasteiger partial charge in [-0.2, -0.15) is 10.1 Å². The Kier molecular flexibility index (Phi) is 5.54. The number of pyridine rings is 1. The number of nitrogens with zero attached hydrogens (tertiary/aromatic N) is 5. The highest BCUT2D eigenvalue weighted by molar-refractivity contribution is 14.1. The Morgan fingerprint density at radius 1 is 1.25 bits per heavy atom. The number of rotatable bonds is 4. The number of alkyl halides is 3. The molecule has 0 fully saturated rings. The lowest BCUT2D eigenvalue weighted by Crippen LogP contribution is -2.17. The Balaban J connectivity index is 2.02. The first-order valence-corrected chi connectivity index (χ1v) is 8.88. The van der Waals surface area contributed by atoms with Crippen LogP contribution in [0.3, 0.4) is 0 Å². The number of fused-ring (bicyclic) bond motifs is 1. The average molecular weight is 503 g/mol. The lowest BCUT2D eigenvalue weighted by atomic mass is 10.2. The molecule has 0 aliphatic carbocycles. The molecule has 3 rings (SSSR count). The summed E-state index contributed by atoms with van der Waals surface area (Å²) in [5.41, 5.74) is 1.19. The second-order valence-corrected chi connectivity index (χ2v) is 6.84. The van der Waals surface area contributed by atoms with E-state index in [9.17, 15) is 18.0 Å². The maximum absolute atomic E-state index is 12.4. The van der Waals surface area contributed by atoms with Gasteiger partial charge in [0.25, 0.3) is 5.91 Å². The predicted molar refractivity (Wildman–Crippen MR) is 105 cm³/mol. The highest BCUT2D eigenvalue weighted by atomic mass is 127. The Morgan fingerprint density at radius 2 is 1.93 bits per heavy atom. The number of carbonyl (C=O) groups excluding carboxylic acids is 1. The third-order valence-electron chi connectivity index (χ3n) is 3.48. The van der Waals surface area contributed by atoms with Crippen molar-refractivity contribution in [3.8, 4) is 11.4 Å². The zero-order valence-electron chi connectivity index (χ0n) is 14.6. The summed E-state index contributed by atoms with van der Waals surface area (Å²) in [5, 5.41) is 4.88. The Bertz CT molecular complexity index is 1050. The number of aliphatic imine (C=N–C) groups is 1. The van der Waals surface area contributed by atoms with Crippen LogP contribution in [0.15, 0.2) is 41.5 Å². The second-order valence-electron chi connectivity index (χ2n) is 5.81. The summed E-state index contributed by atoms with van der Waals surface area (Å²) < 4.78 is 42.8. The van der Waals surface area contributed by atoms with E-state index in [1.807, 2.05) is 22.6 Å². The zero-order valence-corrected chi connectivity index (χ0v) is 16.8. The number of benzene rings is 1. The maximum atomic E-state index is 12.4. The Labute approximate surface area is 171 Å². The summed E-state index contributed by atoms with van der Waals surface area (Å²) in [6.07, 6.45) is -1.92. The molecule has 2 aromatic heterocycles. The Hall–Kier alpha value is -2.70. The van der Waals surface area contributed by atoms with Crippen LogP contribution in [0.4, 0.5) is 13.2 Å². The van der Waals surface area contributed by atoms with Crippen molar-refractivity contribution in [3.05, 3.63) is 45.8 Å². The van der Waals surface area contributed by atoms with Gasteiger partial charge in [0.05, 0.1) is 23.0 Å². The number of amides is 1. The van der Waals surface area contributed by atoms with E-state index >= 15 is 0 Å². The summed E-state index contributed by atoms with van der Waals surface area (Å²) >= 11 is 1.97. The van der Waals surface area contributed by atoms with E-state index < -0.39 is 12.3 Å². The standard InChI is InChI=1S/C17H13F3IN5O2/c1-25(2)9-23-16(27)12-7-8-22-15-13(12)14(21)24-26(15)10-3-5-11(6-4-10)28-17(18,19)20/h3-9H,1-2H3. The monoisotopic (exact) mass is 503 g/mol.